The largest absolute Gasteiger partial charge is 0.378 e. The van der Waals surface area contributed by atoms with Gasteiger partial charge in [-0.2, -0.15) is 0 Å². The molecular formula is C25H23NO. The lowest BCUT2D eigenvalue weighted by molar-refractivity contribution is 0.155. The molecule has 27 heavy (non-hydrogen) atoms. The molecule has 3 aromatic rings. The molecule has 0 aliphatic heterocycles. The van der Waals surface area contributed by atoms with Gasteiger partial charge in [-0.25, -0.2) is 0 Å². The van der Waals surface area contributed by atoms with Gasteiger partial charge in [0, 0.05) is 25.3 Å². The third-order valence-corrected chi connectivity index (χ3v) is 4.31. The van der Waals surface area contributed by atoms with Gasteiger partial charge < -0.3 is 10.0 Å². The van der Waals surface area contributed by atoms with Crippen molar-refractivity contribution in [1.82, 2.24) is 0 Å². The highest BCUT2D eigenvalue weighted by atomic mass is 16.3. The van der Waals surface area contributed by atoms with Crippen LogP contribution in [-0.2, 0) is 5.60 Å². The molecule has 0 aliphatic rings. The van der Waals surface area contributed by atoms with E-state index in [4.69, 9.17) is 0 Å². The third-order valence-electron chi connectivity index (χ3n) is 4.31. The van der Waals surface area contributed by atoms with Gasteiger partial charge in [-0.15, -0.1) is 0 Å². The second-order valence-corrected chi connectivity index (χ2v) is 6.57. The predicted molar refractivity (Wildman–Crippen MR) is 113 cm³/mol. The van der Waals surface area contributed by atoms with Crippen molar-refractivity contribution in [2.45, 2.75) is 5.60 Å². The van der Waals surface area contributed by atoms with Crippen LogP contribution in [0.5, 0.6) is 0 Å². The maximum absolute atomic E-state index is 11.4. The average molecular weight is 353 g/mol. The Labute approximate surface area is 161 Å². The van der Waals surface area contributed by atoms with Gasteiger partial charge in [0.1, 0.15) is 0 Å². The predicted octanol–water partition coefficient (Wildman–Crippen LogP) is 4.71. The maximum atomic E-state index is 11.4. The van der Waals surface area contributed by atoms with Gasteiger partial charge in [0.25, 0.3) is 0 Å². The summed E-state index contributed by atoms with van der Waals surface area (Å²) in [5.74, 6) is 6.15. The molecule has 0 saturated carbocycles. The van der Waals surface area contributed by atoms with E-state index in [-0.39, 0.29) is 0 Å². The molecule has 0 amide bonds. The lowest BCUT2D eigenvalue weighted by Crippen LogP contribution is -2.21. The number of aliphatic hydroxyl groups is 1. The minimum atomic E-state index is -1.38. The minimum Gasteiger partial charge on any atom is -0.378 e. The number of hydrogen-bond donors (Lipinski definition) is 1. The summed E-state index contributed by atoms with van der Waals surface area (Å²) < 4.78 is 0. The fourth-order valence-electron chi connectivity index (χ4n) is 2.69. The summed E-state index contributed by atoms with van der Waals surface area (Å²) in [6, 6.07) is 27.4. The normalized spacial score (nSPS) is 12.9. The van der Waals surface area contributed by atoms with Gasteiger partial charge in [-0.05, 0) is 41.5 Å². The highest BCUT2D eigenvalue weighted by molar-refractivity contribution is 5.56. The second kappa shape index (κ2) is 8.40. The Morgan fingerprint density at radius 3 is 2.00 bits per heavy atom. The van der Waals surface area contributed by atoms with E-state index < -0.39 is 5.60 Å². The van der Waals surface area contributed by atoms with Crippen LogP contribution in [0.25, 0.3) is 6.08 Å². The maximum Gasteiger partial charge on any atom is 0.170 e. The lowest BCUT2D eigenvalue weighted by Gasteiger charge is -2.20. The highest BCUT2D eigenvalue weighted by Gasteiger charge is 2.23. The van der Waals surface area contributed by atoms with Gasteiger partial charge >= 0.3 is 0 Å². The van der Waals surface area contributed by atoms with Crippen molar-refractivity contribution in [2.75, 3.05) is 19.0 Å². The molecule has 0 fully saturated rings. The Kier molecular flexibility index (Phi) is 5.76. The standard InChI is InChI=1S/C25H23NO/c1-26(2)24-15-13-23(14-16-24)25(27,19-17-21-9-5-3-6-10-21)20-18-22-11-7-4-8-12-22/h3-17,19,27H,1-2H3/b19-17+. The first-order valence-corrected chi connectivity index (χ1v) is 8.90. The van der Waals surface area contributed by atoms with Crippen molar-refractivity contribution in [3.63, 3.8) is 0 Å². The van der Waals surface area contributed by atoms with E-state index >= 15 is 0 Å². The van der Waals surface area contributed by atoms with Gasteiger partial charge in [-0.1, -0.05) is 78.6 Å². The number of nitrogens with zero attached hydrogens (tertiary/aromatic N) is 1. The first-order chi connectivity index (χ1) is 13.1. The molecular weight excluding hydrogens is 330 g/mol. The monoisotopic (exact) mass is 353 g/mol. The second-order valence-electron chi connectivity index (χ2n) is 6.57. The van der Waals surface area contributed by atoms with Gasteiger partial charge in [0.2, 0.25) is 0 Å². The number of hydrogen-bond acceptors (Lipinski definition) is 2. The summed E-state index contributed by atoms with van der Waals surface area (Å²) >= 11 is 0. The molecule has 2 heteroatoms. The molecule has 3 rings (SSSR count). The van der Waals surface area contributed by atoms with E-state index in [2.05, 4.69) is 11.8 Å². The van der Waals surface area contributed by atoms with Crippen LogP contribution in [0, 0.1) is 11.8 Å². The Morgan fingerprint density at radius 1 is 0.815 bits per heavy atom. The number of benzene rings is 3. The summed E-state index contributed by atoms with van der Waals surface area (Å²) in [6.07, 6.45) is 3.66. The van der Waals surface area contributed by atoms with Crippen LogP contribution < -0.4 is 4.90 Å². The van der Waals surface area contributed by atoms with Crippen molar-refractivity contribution < 1.29 is 5.11 Å². The van der Waals surface area contributed by atoms with Gasteiger partial charge in [0.05, 0.1) is 0 Å². The number of anilines is 1. The van der Waals surface area contributed by atoms with E-state index in [0.29, 0.717) is 0 Å². The molecule has 0 aromatic heterocycles. The lowest BCUT2D eigenvalue weighted by atomic mass is 9.92. The summed E-state index contributed by atoms with van der Waals surface area (Å²) in [5.41, 5.74) is 2.32. The Bertz CT molecular complexity index is 948. The molecule has 3 aromatic carbocycles. The molecule has 0 heterocycles. The van der Waals surface area contributed by atoms with Crippen LogP contribution >= 0.6 is 0 Å². The fourth-order valence-corrected chi connectivity index (χ4v) is 2.69. The van der Waals surface area contributed by atoms with Crippen LogP contribution in [0.1, 0.15) is 16.7 Å². The Morgan fingerprint density at radius 2 is 1.41 bits per heavy atom. The van der Waals surface area contributed by atoms with Crippen LogP contribution in [0.4, 0.5) is 5.69 Å². The summed E-state index contributed by atoms with van der Waals surface area (Å²) in [5, 5.41) is 11.4. The van der Waals surface area contributed by atoms with Gasteiger partial charge in [0.15, 0.2) is 5.60 Å². The van der Waals surface area contributed by atoms with Crippen molar-refractivity contribution >= 4 is 11.8 Å². The molecule has 1 atom stereocenters. The zero-order valence-corrected chi connectivity index (χ0v) is 15.6. The summed E-state index contributed by atoms with van der Waals surface area (Å²) in [7, 11) is 3.98. The molecule has 1 unspecified atom stereocenters. The molecule has 2 nitrogen and oxygen atoms in total. The Hall–Kier alpha value is -3.28. The molecule has 0 bridgehead atoms. The highest BCUT2D eigenvalue weighted by Crippen LogP contribution is 2.26. The molecule has 0 spiro atoms. The summed E-state index contributed by atoms with van der Waals surface area (Å²) in [6.45, 7) is 0. The minimum absolute atomic E-state index is 0.740. The van der Waals surface area contributed by atoms with Crippen molar-refractivity contribution in [1.29, 1.82) is 0 Å². The van der Waals surface area contributed by atoms with Crippen molar-refractivity contribution in [3.8, 4) is 11.8 Å². The van der Waals surface area contributed by atoms with Crippen LogP contribution in [0.15, 0.2) is 91.0 Å². The summed E-state index contributed by atoms with van der Waals surface area (Å²) in [4.78, 5) is 2.03. The van der Waals surface area contributed by atoms with Crippen molar-refractivity contribution in [3.05, 3.63) is 108 Å². The van der Waals surface area contributed by atoms with E-state index in [1.54, 1.807) is 6.08 Å². The molecule has 134 valence electrons. The fraction of sp³-hybridized carbons (Fsp3) is 0.120. The van der Waals surface area contributed by atoms with E-state index in [9.17, 15) is 5.11 Å². The molecule has 1 N–H and O–H groups in total. The zero-order valence-electron chi connectivity index (χ0n) is 15.6. The first-order valence-electron chi connectivity index (χ1n) is 8.90. The SMILES string of the molecule is CN(C)c1ccc(C(O)(C#Cc2ccccc2)/C=C/c2ccccc2)cc1. The third kappa shape index (κ3) is 4.88. The van der Waals surface area contributed by atoms with Crippen molar-refractivity contribution in [2.24, 2.45) is 0 Å². The van der Waals surface area contributed by atoms with E-state index in [0.717, 1.165) is 22.4 Å². The average Bonchev–Trinajstić information content (AvgIpc) is 2.72. The van der Waals surface area contributed by atoms with Crippen LogP contribution in [0.2, 0.25) is 0 Å². The van der Waals surface area contributed by atoms with E-state index in [1.165, 1.54) is 0 Å². The number of rotatable bonds is 4. The molecule has 0 aliphatic carbocycles. The molecule has 0 radical (unpaired) electrons. The smallest absolute Gasteiger partial charge is 0.170 e. The first kappa shape index (κ1) is 18.5. The van der Waals surface area contributed by atoms with Crippen LogP contribution in [0.3, 0.4) is 0 Å². The van der Waals surface area contributed by atoms with E-state index in [1.807, 2.05) is 110 Å². The topological polar surface area (TPSA) is 23.5 Å². The molecule has 0 saturated heterocycles. The zero-order chi connectivity index (χ0) is 19.1. The Balaban J connectivity index is 2.00. The van der Waals surface area contributed by atoms with Gasteiger partial charge in [-0.3, -0.25) is 0 Å². The van der Waals surface area contributed by atoms with Crippen LogP contribution in [-0.4, -0.2) is 19.2 Å². The quantitative estimate of drug-likeness (QED) is 0.687.